The van der Waals surface area contributed by atoms with Gasteiger partial charge in [0.05, 0.1) is 24.5 Å². The fraction of sp³-hybridized carbons (Fsp3) is 0.545. The predicted molar refractivity (Wildman–Crippen MR) is 110 cm³/mol. The fourth-order valence-electron chi connectivity index (χ4n) is 3.99. The normalized spacial score (nSPS) is 19.6. The summed E-state index contributed by atoms with van der Waals surface area (Å²) < 4.78 is 50.8. The molecule has 2 aliphatic heterocycles. The van der Waals surface area contributed by atoms with Crippen molar-refractivity contribution in [2.75, 3.05) is 26.6 Å². The summed E-state index contributed by atoms with van der Waals surface area (Å²) in [7, 11) is 2.04. The van der Waals surface area contributed by atoms with Crippen molar-refractivity contribution in [3.05, 3.63) is 41.2 Å². The van der Waals surface area contributed by atoms with Crippen LogP contribution in [0.1, 0.15) is 35.7 Å². The first-order valence-electron chi connectivity index (χ1n) is 10.7. The smallest absolute Gasteiger partial charge is 0.475 e. The van der Waals surface area contributed by atoms with Crippen molar-refractivity contribution >= 4 is 5.97 Å². The highest BCUT2D eigenvalue weighted by atomic mass is 19.4. The quantitative estimate of drug-likeness (QED) is 0.695. The van der Waals surface area contributed by atoms with Gasteiger partial charge in [0.1, 0.15) is 0 Å². The van der Waals surface area contributed by atoms with Gasteiger partial charge in [-0.25, -0.2) is 4.79 Å². The third kappa shape index (κ3) is 5.77. The van der Waals surface area contributed by atoms with E-state index in [0.717, 1.165) is 50.1 Å². The van der Waals surface area contributed by atoms with Crippen LogP contribution in [0, 0.1) is 5.92 Å². The average molecular weight is 469 g/mol. The van der Waals surface area contributed by atoms with Gasteiger partial charge < -0.3 is 19.3 Å². The lowest BCUT2D eigenvalue weighted by Crippen LogP contribution is -2.38. The number of aryl methyl sites for hydroxylation is 1. The minimum absolute atomic E-state index is 0.246. The molecule has 11 heteroatoms. The molecule has 1 unspecified atom stereocenters. The average Bonchev–Trinajstić information content (AvgIpc) is 3.33. The van der Waals surface area contributed by atoms with Crippen LogP contribution in [0.4, 0.5) is 13.2 Å². The third-order valence-corrected chi connectivity index (χ3v) is 5.88. The van der Waals surface area contributed by atoms with Gasteiger partial charge in [-0.15, -0.1) is 0 Å². The van der Waals surface area contributed by atoms with Gasteiger partial charge in [-0.05, 0) is 48.4 Å². The molecule has 33 heavy (non-hydrogen) atoms. The standard InChI is InChI=1S/C20H25N3O3.C2HF3O2/c1-22-20-16(9-21-22)6-7-23(17(20)12-24-11-14-2-3-14)10-15-4-5-18-19(8-15)26-13-25-18;3-2(4,5)1(6)7/h4-5,8-9,14,17H,2-3,6-7,10-13H2,1H3;(H,6,7). The second-order valence-electron chi connectivity index (χ2n) is 8.39. The molecule has 3 aliphatic rings. The Kier molecular flexibility index (Phi) is 6.80. The van der Waals surface area contributed by atoms with E-state index in [0.29, 0.717) is 6.79 Å². The Morgan fingerprint density at radius 2 is 1.97 bits per heavy atom. The van der Waals surface area contributed by atoms with Gasteiger partial charge in [0.15, 0.2) is 11.5 Å². The maximum Gasteiger partial charge on any atom is 0.490 e. The van der Waals surface area contributed by atoms with Crippen LogP contribution < -0.4 is 9.47 Å². The molecule has 0 spiro atoms. The van der Waals surface area contributed by atoms with Crippen molar-refractivity contribution in [2.45, 2.75) is 38.0 Å². The van der Waals surface area contributed by atoms with Crippen LogP contribution in [-0.2, 0) is 29.5 Å². The van der Waals surface area contributed by atoms with E-state index in [4.69, 9.17) is 24.1 Å². The van der Waals surface area contributed by atoms with Gasteiger partial charge in [-0.2, -0.15) is 18.3 Å². The summed E-state index contributed by atoms with van der Waals surface area (Å²) in [6, 6.07) is 6.49. The molecule has 0 amide bonds. The van der Waals surface area contributed by atoms with Crippen molar-refractivity contribution in [3.63, 3.8) is 0 Å². The minimum Gasteiger partial charge on any atom is -0.475 e. The van der Waals surface area contributed by atoms with Crippen LogP contribution in [0.25, 0.3) is 0 Å². The number of carboxylic acid groups (broad SMARTS) is 1. The second-order valence-corrected chi connectivity index (χ2v) is 8.39. The molecule has 1 fully saturated rings. The van der Waals surface area contributed by atoms with Crippen LogP contribution >= 0.6 is 0 Å². The zero-order valence-corrected chi connectivity index (χ0v) is 18.2. The number of carboxylic acids is 1. The van der Waals surface area contributed by atoms with Gasteiger partial charge in [-0.3, -0.25) is 9.58 Å². The predicted octanol–water partition coefficient (Wildman–Crippen LogP) is 3.31. The van der Waals surface area contributed by atoms with Crippen LogP contribution in [0.2, 0.25) is 0 Å². The Labute approximate surface area is 188 Å². The molecule has 0 saturated heterocycles. The topological polar surface area (TPSA) is 86.0 Å². The van der Waals surface area contributed by atoms with Crippen LogP contribution in [0.3, 0.4) is 0 Å². The van der Waals surface area contributed by atoms with E-state index < -0.39 is 12.1 Å². The molecule has 1 aliphatic carbocycles. The van der Waals surface area contributed by atoms with Crippen LogP contribution in [0.5, 0.6) is 11.5 Å². The van der Waals surface area contributed by atoms with Crippen molar-refractivity contribution in [2.24, 2.45) is 13.0 Å². The van der Waals surface area contributed by atoms with Crippen molar-refractivity contribution in [1.82, 2.24) is 14.7 Å². The number of fused-ring (bicyclic) bond motifs is 2. The molecule has 2 aromatic rings. The molecule has 1 aromatic heterocycles. The lowest BCUT2D eigenvalue weighted by Gasteiger charge is -2.36. The second kappa shape index (κ2) is 9.60. The van der Waals surface area contributed by atoms with E-state index in [1.54, 1.807) is 0 Å². The Morgan fingerprint density at radius 3 is 2.67 bits per heavy atom. The first-order chi connectivity index (χ1) is 15.7. The number of benzene rings is 1. The SMILES string of the molecule is Cn1ncc2c1C(COCC1CC1)N(Cc1ccc3c(c1)OCO3)CC2.O=C(O)C(F)(F)F. The molecule has 180 valence electrons. The minimum atomic E-state index is -5.08. The van der Waals surface area contributed by atoms with Crippen molar-refractivity contribution in [3.8, 4) is 11.5 Å². The van der Waals surface area contributed by atoms with E-state index >= 15 is 0 Å². The molecule has 8 nitrogen and oxygen atoms in total. The van der Waals surface area contributed by atoms with Gasteiger partial charge in [0.2, 0.25) is 6.79 Å². The van der Waals surface area contributed by atoms with Gasteiger partial charge in [0, 0.05) is 26.7 Å². The number of aromatic nitrogens is 2. The number of nitrogens with zero attached hydrogens (tertiary/aromatic N) is 3. The Balaban J connectivity index is 0.000000325. The Bertz CT molecular complexity index is 990. The first kappa shape index (κ1) is 23.4. The van der Waals surface area contributed by atoms with Gasteiger partial charge in [-0.1, -0.05) is 6.07 Å². The number of hydrogen-bond donors (Lipinski definition) is 1. The van der Waals surface area contributed by atoms with E-state index in [2.05, 4.69) is 22.1 Å². The molecule has 0 radical (unpaired) electrons. The summed E-state index contributed by atoms with van der Waals surface area (Å²) in [4.78, 5) is 11.4. The molecule has 1 aromatic carbocycles. The van der Waals surface area contributed by atoms with Crippen LogP contribution in [-0.4, -0.2) is 58.5 Å². The molecular formula is C22H26F3N3O5. The number of ether oxygens (including phenoxy) is 3. The lowest BCUT2D eigenvalue weighted by atomic mass is 9.99. The third-order valence-electron chi connectivity index (χ3n) is 5.88. The summed E-state index contributed by atoms with van der Waals surface area (Å²) in [5.41, 5.74) is 3.90. The van der Waals surface area contributed by atoms with E-state index in [-0.39, 0.29) is 6.04 Å². The van der Waals surface area contributed by atoms with E-state index in [1.807, 2.05) is 24.0 Å². The Hall–Kier alpha value is -2.79. The fourth-order valence-corrected chi connectivity index (χ4v) is 3.99. The van der Waals surface area contributed by atoms with Gasteiger partial charge >= 0.3 is 12.1 Å². The number of carbonyl (C=O) groups is 1. The zero-order chi connectivity index (χ0) is 23.6. The maximum absolute atomic E-state index is 10.6. The summed E-state index contributed by atoms with van der Waals surface area (Å²) in [5, 5.41) is 11.6. The summed E-state index contributed by atoms with van der Waals surface area (Å²) in [6.07, 6.45) is 0.610. The van der Waals surface area contributed by atoms with E-state index in [9.17, 15) is 13.2 Å². The van der Waals surface area contributed by atoms with E-state index in [1.165, 1.54) is 29.7 Å². The van der Waals surface area contributed by atoms with Gasteiger partial charge in [0.25, 0.3) is 0 Å². The Morgan fingerprint density at radius 1 is 1.24 bits per heavy atom. The summed E-state index contributed by atoms with van der Waals surface area (Å²) >= 11 is 0. The first-order valence-corrected chi connectivity index (χ1v) is 10.7. The molecule has 0 bridgehead atoms. The highest BCUT2D eigenvalue weighted by Crippen LogP contribution is 2.36. The monoisotopic (exact) mass is 469 g/mol. The lowest BCUT2D eigenvalue weighted by molar-refractivity contribution is -0.192. The molecule has 3 heterocycles. The zero-order valence-electron chi connectivity index (χ0n) is 18.2. The number of alkyl halides is 3. The number of halogens is 3. The molecule has 1 saturated carbocycles. The van der Waals surface area contributed by atoms with Crippen LogP contribution in [0.15, 0.2) is 24.4 Å². The molecular weight excluding hydrogens is 443 g/mol. The highest BCUT2D eigenvalue weighted by molar-refractivity contribution is 5.73. The largest absolute Gasteiger partial charge is 0.490 e. The highest BCUT2D eigenvalue weighted by Gasteiger charge is 2.38. The number of hydrogen-bond acceptors (Lipinski definition) is 6. The number of aliphatic carboxylic acids is 1. The molecule has 1 atom stereocenters. The van der Waals surface area contributed by atoms with Crippen molar-refractivity contribution < 1.29 is 37.3 Å². The number of rotatable bonds is 6. The molecule has 1 N–H and O–H groups in total. The van der Waals surface area contributed by atoms with Crippen molar-refractivity contribution in [1.29, 1.82) is 0 Å². The molecule has 5 rings (SSSR count). The summed E-state index contributed by atoms with van der Waals surface area (Å²) in [6.45, 7) is 3.83. The summed E-state index contributed by atoms with van der Waals surface area (Å²) in [5.74, 6) is -0.285. The maximum atomic E-state index is 10.6.